The van der Waals surface area contributed by atoms with E-state index in [2.05, 4.69) is 27.7 Å². The van der Waals surface area contributed by atoms with E-state index in [1.807, 2.05) is 45.0 Å². The first-order chi connectivity index (χ1) is 8.61. The third-order valence-electron chi connectivity index (χ3n) is 1.99. The van der Waals surface area contributed by atoms with E-state index >= 15 is 0 Å². The largest absolute Gasteiger partial charge is 0.371 e. The molecular weight excluding hydrogens is 236 g/mol. The minimum Gasteiger partial charge on any atom is -0.371 e. The Morgan fingerprint density at radius 2 is 1.63 bits per heavy atom. The van der Waals surface area contributed by atoms with Crippen LogP contribution >= 0.6 is 0 Å². The number of aryl methyl sites for hydroxylation is 1. The van der Waals surface area contributed by atoms with Gasteiger partial charge in [0.15, 0.2) is 5.78 Å². The van der Waals surface area contributed by atoms with Crippen LogP contribution in [0.4, 0.5) is 0 Å². The number of ketones is 1. The van der Waals surface area contributed by atoms with E-state index in [4.69, 9.17) is 4.74 Å². The van der Waals surface area contributed by atoms with Gasteiger partial charge in [-0.1, -0.05) is 52.0 Å². The Bertz CT molecular complexity index is 380. The van der Waals surface area contributed by atoms with Crippen molar-refractivity contribution < 1.29 is 9.53 Å². The molecule has 0 spiro atoms. The molecule has 0 N–H and O–H groups in total. The van der Waals surface area contributed by atoms with Gasteiger partial charge >= 0.3 is 0 Å². The first-order valence-corrected chi connectivity index (χ1v) is 6.81. The average molecular weight is 264 g/mol. The number of hydrogen-bond acceptors (Lipinski definition) is 2. The normalized spacial score (nSPS) is 10.9. The topological polar surface area (TPSA) is 26.3 Å². The maximum absolute atomic E-state index is 11.6. The Labute approximate surface area is 118 Å². The van der Waals surface area contributed by atoms with Gasteiger partial charge in [0, 0.05) is 5.56 Å². The fourth-order valence-corrected chi connectivity index (χ4v) is 1.21. The van der Waals surface area contributed by atoms with Crippen LogP contribution in [0.3, 0.4) is 0 Å². The molecule has 2 heteroatoms. The number of benzene rings is 1. The summed E-state index contributed by atoms with van der Waals surface area (Å²) in [5.74, 6) is 0.0526. The monoisotopic (exact) mass is 264 g/mol. The van der Waals surface area contributed by atoms with Crippen molar-refractivity contribution in [3.63, 3.8) is 0 Å². The molecule has 1 rings (SSSR count). The number of ether oxygens (including phenoxy) is 1. The lowest BCUT2D eigenvalue weighted by Gasteiger charge is -2.07. The standard InChI is InChI=1S/C12H16O2.C5H12/c1-9(2)14-8-12(13)11-7-5-4-6-10(11)3;1-5(2,3)4/h4-7,9H,8H2,1-3H3;1-4H3. The summed E-state index contributed by atoms with van der Waals surface area (Å²) in [6.07, 6.45) is 0.1000. The molecule has 0 unspecified atom stereocenters. The molecule has 19 heavy (non-hydrogen) atoms. The molecule has 0 radical (unpaired) electrons. The third-order valence-corrected chi connectivity index (χ3v) is 1.99. The van der Waals surface area contributed by atoms with Crippen LogP contribution in [0.5, 0.6) is 0 Å². The van der Waals surface area contributed by atoms with Gasteiger partial charge in [-0.05, 0) is 31.7 Å². The summed E-state index contributed by atoms with van der Waals surface area (Å²) in [4.78, 5) is 11.6. The maximum Gasteiger partial charge on any atom is 0.188 e. The SMILES string of the molecule is CC(C)(C)C.Cc1ccccc1C(=O)COC(C)C. The highest BCUT2D eigenvalue weighted by Crippen LogP contribution is 2.08. The lowest BCUT2D eigenvalue weighted by Crippen LogP contribution is -2.14. The van der Waals surface area contributed by atoms with Crippen LogP contribution in [-0.2, 0) is 4.74 Å². The van der Waals surface area contributed by atoms with Gasteiger partial charge in [-0.25, -0.2) is 0 Å². The average Bonchev–Trinajstić information content (AvgIpc) is 2.24. The molecule has 0 bridgehead atoms. The Balaban J connectivity index is 0.000000555. The Hall–Kier alpha value is -1.15. The molecule has 0 aliphatic rings. The predicted molar refractivity (Wildman–Crippen MR) is 81.7 cm³/mol. The highest BCUT2D eigenvalue weighted by atomic mass is 16.5. The van der Waals surface area contributed by atoms with Crippen molar-refractivity contribution >= 4 is 5.78 Å². The summed E-state index contributed by atoms with van der Waals surface area (Å²) in [5.41, 5.74) is 2.26. The molecule has 1 aromatic rings. The van der Waals surface area contributed by atoms with E-state index in [0.717, 1.165) is 11.1 Å². The van der Waals surface area contributed by atoms with Crippen LogP contribution in [0.1, 0.15) is 57.5 Å². The summed E-state index contributed by atoms with van der Waals surface area (Å²) >= 11 is 0. The van der Waals surface area contributed by atoms with Crippen molar-refractivity contribution in [2.75, 3.05) is 6.61 Å². The fourth-order valence-electron chi connectivity index (χ4n) is 1.21. The highest BCUT2D eigenvalue weighted by Gasteiger charge is 2.08. The molecule has 0 saturated carbocycles. The van der Waals surface area contributed by atoms with Crippen LogP contribution in [0.2, 0.25) is 0 Å². The molecule has 0 saturated heterocycles. The molecule has 0 amide bonds. The van der Waals surface area contributed by atoms with Crippen LogP contribution < -0.4 is 0 Å². The molecular formula is C17H28O2. The van der Waals surface area contributed by atoms with E-state index < -0.39 is 0 Å². The molecule has 0 aliphatic heterocycles. The van der Waals surface area contributed by atoms with Crippen molar-refractivity contribution in [3.05, 3.63) is 35.4 Å². The van der Waals surface area contributed by atoms with Gasteiger partial charge in [0.1, 0.15) is 6.61 Å². The van der Waals surface area contributed by atoms with Gasteiger partial charge < -0.3 is 4.74 Å². The number of carbonyl (C=O) groups excluding carboxylic acids is 1. The van der Waals surface area contributed by atoms with E-state index in [1.165, 1.54) is 0 Å². The molecule has 0 aliphatic carbocycles. The zero-order chi connectivity index (χ0) is 15.1. The van der Waals surface area contributed by atoms with Crippen LogP contribution in [0, 0.1) is 12.3 Å². The minimum atomic E-state index is 0.0526. The molecule has 0 aromatic heterocycles. The van der Waals surface area contributed by atoms with Gasteiger partial charge in [-0.15, -0.1) is 0 Å². The number of Topliss-reactive ketones (excluding diaryl/α,β-unsaturated/α-hetero) is 1. The number of rotatable bonds is 4. The summed E-state index contributed by atoms with van der Waals surface area (Å²) in [5, 5.41) is 0. The van der Waals surface area contributed by atoms with Gasteiger partial charge in [0.2, 0.25) is 0 Å². The molecule has 1 aromatic carbocycles. The minimum absolute atomic E-state index is 0.0526. The van der Waals surface area contributed by atoms with Crippen LogP contribution in [0.25, 0.3) is 0 Å². The van der Waals surface area contributed by atoms with E-state index in [9.17, 15) is 4.79 Å². The van der Waals surface area contributed by atoms with E-state index in [1.54, 1.807) is 0 Å². The second-order valence-electron chi connectivity index (χ2n) is 6.60. The summed E-state index contributed by atoms with van der Waals surface area (Å²) in [7, 11) is 0. The summed E-state index contributed by atoms with van der Waals surface area (Å²) in [6.45, 7) is 14.7. The van der Waals surface area contributed by atoms with Crippen LogP contribution in [0.15, 0.2) is 24.3 Å². The molecule has 0 atom stereocenters. The van der Waals surface area contributed by atoms with Crippen molar-refractivity contribution in [1.82, 2.24) is 0 Å². The predicted octanol–water partition coefficient (Wildman–Crippen LogP) is 4.66. The van der Waals surface area contributed by atoms with Gasteiger partial charge in [0.25, 0.3) is 0 Å². The first-order valence-electron chi connectivity index (χ1n) is 6.81. The lowest BCUT2D eigenvalue weighted by atomic mass is 10.0. The maximum atomic E-state index is 11.6. The van der Waals surface area contributed by atoms with Crippen molar-refractivity contribution in [2.45, 2.75) is 54.6 Å². The summed E-state index contributed by atoms with van der Waals surface area (Å²) < 4.78 is 5.26. The number of carbonyl (C=O) groups is 1. The number of hydrogen-bond donors (Lipinski definition) is 0. The second kappa shape index (κ2) is 8.11. The Morgan fingerprint density at radius 3 is 2.05 bits per heavy atom. The first kappa shape index (κ1) is 17.8. The third kappa shape index (κ3) is 10.5. The van der Waals surface area contributed by atoms with Crippen LogP contribution in [-0.4, -0.2) is 18.5 Å². The Morgan fingerprint density at radius 1 is 1.16 bits per heavy atom. The summed E-state index contributed by atoms with van der Waals surface area (Å²) in [6, 6.07) is 7.56. The van der Waals surface area contributed by atoms with Gasteiger partial charge in [0.05, 0.1) is 6.10 Å². The lowest BCUT2D eigenvalue weighted by molar-refractivity contribution is 0.0584. The zero-order valence-corrected chi connectivity index (χ0v) is 13.4. The smallest absolute Gasteiger partial charge is 0.188 e. The zero-order valence-electron chi connectivity index (χ0n) is 13.4. The fraction of sp³-hybridized carbons (Fsp3) is 0.588. The Kier molecular flexibility index (Phi) is 7.62. The van der Waals surface area contributed by atoms with Crippen molar-refractivity contribution in [1.29, 1.82) is 0 Å². The molecule has 0 fully saturated rings. The second-order valence-corrected chi connectivity index (χ2v) is 6.60. The van der Waals surface area contributed by atoms with Crippen molar-refractivity contribution in [3.8, 4) is 0 Å². The van der Waals surface area contributed by atoms with Gasteiger partial charge in [-0.2, -0.15) is 0 Å². The quantitative estimate of drug-likeness (QED) is 0.740. The molecule has 0 heterocycles. The highest BCUT2D eigenvalue weighted by molar-refractivity contribution is 5.98. The molecule has 2 nitrogen and oxygen atoms in total. The molecule has 108 valence electrons. The van der Waals surface area contributed by atoms with Crippen molar-refractivity contribution in [2.24, 2.45) is 5.41 Å². The van der Waals surface area contributed by atoms with Gasteiger partial charge in [-0.3, -0.25) is 4.79 Å². The van der Waals surface area contributed by atoms with E-state index in [0.29, 0.717) is 5.41 Å². The van der Waals surface area contributed by atoms with E-state index in [-0.39, 0.29) is 18.5 Å².